The van der Waals surface area contributed by atoms with E-state index >= 15 is 0 Å². The lowest BCUT2D eigenvalue weighted by Crippen LogP contribution is -2.40. The third kappa shape index (κ3) is 2.67. The molecule has 1 aliphatic rings. The number of aromatic nitrogens is 1. The fourth-order valence-electron chi connectivity index (χ4n) is 2.36. The van der Waals surface area contributed by atoms with Crippen LogP contribution in [-0.2, 0) is 4.79 Å². The molecule has 5 nitrogen and oxygen atoms in total. The minimum atomic E-state index is -0.833. The number of carboxylic acid groups (broad SMARTS) is 1. The van der Waals surface area contributed by atoms with E-state index in [1.165, 1.54) is 6.20 Å². The van der Waals surface area contributed by atoms with Gasteiger partial charge in [0.15, 0.2) is 0 Å². The molecule has 0 radical (unpaired) electrons. The number of amides is 1. The summed E-state index contributed by atoms with van der Waals surface area (Å²) in [4.78, 5) is 27.0. The molecular weight excluding hydrogens is 232 g/mol. The largest absolute Gasteiger partial charge is 0.481 e. The zero-order valence-corrected chi connectivity index (χ0v) is 10.2. The lowest BCUT2D eigenvalue weighted by Gasteiger charge is -2.17. The highest BCUT2D eigenvalue weighted by Crippen LogP contribution is 2.26. The number of nitrogens with zero attached hydrogens (tertiary/aromatic N) is 1. The van der Waals surface area contributed by atoms with E-state index in [1.807, 2.05) is 6.92 Å². The van der Waals surface area contributed by atoms with Crippen LogP contribution in [0.15, 0.2) is 18.5 Å². The molecule has 1 amide bonds. The van der Waals surface area contributed by atoms with Gasteiger partial charge in [0.25, 0.3) is 5.91 Å². The molecule has 0 bridgehead atoms. The molecule has 96 valence electrons. The number of hydrogen-bond acceptors (Lipinski definition) is 3. The molecule has 1 fully saturated rings. The van der Waals surface area contributed by atoms with Crippen LogP contribution in [0.2, 0.25) is 0 Å². The molecule has 18 heavy (non-hydrogen) atoms. The first kappa shape index (κ1) is 12.5. The zero-order valence-electron chi connectivity index (χ0n) is 10.2. The van der Waals surface area contributed by atoms with Gasteiger partial charge in [-0.05, 0) is 31.4 Å². The van der Waals surface area contributed by atoms with Crippen LogP contribution >= 0.6 is 0 Å². The quantitative estimate of drug-likeness (QED) is 0.846. The average molecular weight is 248 g/mol. The van der Waals surface area contributed by atoms with Gasteiger partial charge in [-0.25, -0.2) is 0 Å². The number of carbonyl (C=O) groups is 2. The topological polar surface area (TPSA) is 79.3 Å². The summed E-state index contributed by atoms with van der Waals surface area (Å²) in [6, 6.07) is 1.48. The molecule has 0 aliphatic heterocycles. The van der Waals surface area contributed by atoms with E-state index in [1.54, 1.807) is 12.3 Å². The summed E-state index contributed by atoms with van der Waals surface area (Å²) >= 11 is 0. The number of rotatable bonds is 3. The molecule has 0 spiro atoms. The summed E-state index contributed by atoms with van der Waals surface area (Å²) in [7, 11) is 0. The van der Waals surface area contributed by atoms with Crippen LogP contribution in [0, 0.1) is 12.8 Å². The Kier molecular flexibility index (Phi) is 3.60. The molecule has 0 saturated heterocycles. The second kappa shape index (κ2) is 5.16. The Morgan fingerprint density at radius 2 is 2.17 bits per heavy atom. The molecule has 2 atom stereocenters. The maximum Gasteiger partial charge on any atom is 0.308 e. The first-order valence-electron chi connectivity index (χ1n) is 6.03. The maximum absolute atomic E-state index is 12.0. The van der Waals surface area contributed by atoms with Crippen molar-refractivity contribution in [1.82, 2.24) is 10.3 Å². The molecule has 2 N–H and O–H groups in total. The molecule has 2 unspecified atom stereocenters. The van der Waals surface area contributed by atoms with Gasteiger partial charge in [-0.15, -0.1) is 0 Å². The van der Waals surface area contributed by atoms with Crippen molar-refractivity contribution >= 4 is 11.9 Å². The summed E-state index contributed by atoms with van der Waals surface area (Å²) in [6.07, 6.45) is 5.36. The van der Waals surface area contributed by atoms with E-state index in [9.17, 15) is 9.59 Å². The number of pyridine rings is 1. The Hall–Kier alpha value is -1.91. The van der Waals surface area contributed by atoms with Gasteiger partial charge in [-0.1, -0.05) is 6.42 Å². The maximum atomic E-state index is 12.0. The summed E-state index contributed by atoms with van der Waals surface area (Å²) in [5, 5.41) is 11.8. The average Bonchev–Trinajstić information content (AvgIpc) is 2.77. The first-order valence-corrected chi connectivity index (χ1v) is 6.03. The fourth-order valence-corrected chi connectivity index (χ4v) is 2.36. The van der Waals surface area contributed by atoms with Crippen molar-refractivity contribution in [2.75, 3.05) is 0 Å². The van der Waals surface area contributed by atoms with Crippen molar-refractivity contribution in [2.45, 2.75) is 32.2 Å². The Bertz CT molecular complexity index is 473. The van der Waals surface area contributed by atoms with Crippen LogP contribution < -0.4 is 5.32 Å². The number of nitrogens with one attached hydrogen (secondary N) is 1. The van der Waals surface area contributed by atoms with Crippen molar-refractivity contribution in [3.05, 3.63) is 29.6 Å². The number of hydrogen-bond donors (Lipinski definition) is 2. The lowest BCUT2D eigenvalue weighted by atomic mass is 10.0. The summed E-state index contributed by atoms with van der Waals surface area (Å²) in [5.74, 6) is -1.55. The summed E-state index contributed by atoms with van der Waals surface area (Å²) < 4.78 is 0. The van der Waals surface area contributed by atoms with Gasteiger partial charge < -0.3 is 10.4 Å². The van der Waals surface area contributed by atoms with E-state index < -0.39 is 11.9 Å². The first-order chi connectivity index (χ1) is 8.58. The molecule has 1 saturated carbocycles. The van der Waals surface area contributed by atoms with Gasteiger partial charge in [0.2, 0.25) is 0 Å². The van der Waals surface area contributed by atoms with Gasteiger partial charge in [-0.3, -0.25) is 14.6 Å². The molecule has 1 aromatic rings. The van der Waals surface area contributed by atoms with E-state index in [0.29, 0.717) is 12.0 Å². The van der Waals surface area contributed by atoms with Gasteiger partial charge in [0, 0.05) is 18.4 Å². The Labute approximate surface area is 105 Å². The molecule has 1 aromatic heterocycles. The van der Waals surface area contributed by atoms with E-state index in [4.69, 9.17) is 5.11 Å². The SMILES string of the molecule is Cc1cncc(C(=O)NC2CCCC2C(=O)O)c1. The van der Waals surface area contributed by atoms with Gasteiger partial charge >= 0.3 is 5.97 Å². The minimum absolute atomic E-state index is 0.246. The molecular formula is C13H16N2O3. The minimum Gasteiger partial charge on any atom is -0.481 e. The highest BCUT2D eigenvalue weighted by atomic mass is 16.4. The van der Waals surface area contributed by atoms with Crippen molar-refractivity contribution in [3.8, 4) is 0 Å². The molecule has 2 rings (SSSR count). The van der Waals surface area contributed by atoms with Crippen LogP contribution in [0.3, 0.4) is 0 Å². The Morgan fingerprint density at radius 3 is 2.83 bits per heavy atom. The molecule has 1 aliphatic carbocycles. The van der Waals surface area contributed by atoms with Crippen molar-refractivity contribution in [3.63, 3.8) is 0 Å². The number of aryl methyl sites for hydroxylation is 1. The normalized spacial score (nSPS) is 22.7. The third-order valence-corrected chi connectivity index (χ3v) is 3.29. The smallest absolute Gasteiger partial charge is 0.308 e. The van der Waals surface area contributed by atoms with Gasteiger partial charge in [0.05, 0.1) is 11.5 Å². The third-order valence-electron chi connectivity index (χ3n) is 3.29. The van der Waals surface area contributed by atoms with Crippen LogP contribution in [0.4, 0.5) is 0 Å². The Morgan fingerprint density at radius 1 is 1.39 bits per heavy atom. The zero-order chi connectivity index (χ0) is 13.1. The van der Waals surface area contributed by atoms with Crippen LogP contribution in [0.5, 0.6) is 0 Å². The molecule has 1 heterocycles. The standard InChI is InChI=1S/C13H16N2O3/c1-8-5-9(7-14-6-8)12(16)15-11-4-2-3-10(11)13(17)18/h5-7,10-11H,2-4H2,1H3,(H,15,16)(H,17,18). The summed E-state index contributed by atoms with van der Waals surface area (Å²) in [6.45, 7) is 1.86. The van der Waals surface area contributed by atoms with Crippen LogP contribution in [0.1, 0.15) is 35.2 Å². The van der Waals surface area contributed by atoms with Crippen molar-refractivity contribution in [2.24, 2.45) is 5.92 Å². The highest BCUT2D eigenvalue weighted by molar-refractivity contribution is 5.94. The number of carbonyl (C=O) groups excluding carboxylic acids is 1. The predicted octanol–water partition coefficient (Wildman–Crippen LogP) is 1.37. The fraction of sp³-hybridized carbons (Fsp3) is 0.462. The highest BCUT2D eigenvalue weighted by Gasteiger charge is 2.33. The van der Waals surface area contributed by atoms with E-state index in [0.717, 1.165) is 18.4 Å². The predicted molar refractivity (Wildman–Crippen MR) is 65.2 cm³/mol. The second-order valence-corrected chi connectivity index (χ2v) is 4.71. The van der Waals surface area contributed by atoms with E-state index in [2.05, 4.69) is 10.3 Å². The van der Waals surface area contributed by atoms with Crippen LogP contribution in [-0.4, -0.2) is 28.0 Å². The monoisotopic (exact) mass is 248 g/mol. The summed E-state index contributed by atoms with van der Waals surface area (Å²) in [5.41, 5.74) is 1.38. The second-order valence-electron chi connectivity index (χ2n) is 4.71. The number of aliphatic carboxylic acids is 1. The Balaban J connectivity index is 2.05. The lowest BCUT2D eigenvalue weighted by molar-refractivity contribution is -0.142. The molecule has 0 aromatic carbocycles. The molecule has 5 heteroatoms. The van der Waals surface area contributed by atoms with E-state index in [-0.39, 0.29) is 11.9 Å². The van der Waals surface area contributed by atoms with Crippen LogP contribution in [0.25, 0.3) is 0 Å². The van der Waals surface area contributed by atoms with Gasteiger partial charge in [-0.2, -0.15) is 0 Å². The number of carboxylic acids is 1. The van der Waals surface area contributed by atoms with Crippen molar-refractivity contribution in [1.29, 1.82) is 0 Å². The van der Waals surface area contributed by atoms with Crippen molar-refractivity contribution < 1.29 is 14.7 Å². The van der Waals surface area contributed by atoms with Gasteiger partial charge in [0.1, 0.15) is 0 Å².